The van der Waals surface area contributed by atoms with E-state index in [1.807, 2.05) is 0 Å². The topological polar surface area (TPSA) is 124 Å². The zero-order chi connectivity index (χ0) is 23.3. The predicted molar refractivity (Wildman–Crippen MR) is 117 cm³/mol. The molecule has 0 spiro atoms. The first-order chi connectivity index (χ1) is 15.3. The largest absolute Gasteiger partial charge is 0.493 e. The number of sulfonamides is 1. The van der Waals surface area contributed by atoms with Gasteiger partial charge in [0.15, 0.2) is 11.5 Å². The average molecular weight is 461 g/mol. The van der Waals surface area contributed by atoms with Crippen LogP contribution in [0.5, 0.6) is 11.5 Å². The fourth-order valence-electron chi connectivity index (χ4n) is 3.02. The molecular formula is C21H24N4O6S. The molecule has 0 bridgehead atoms. The van der Waals surface area contributed by atoms with Gasteiger partial charge in [0.2, 0.25) is 15.9 Å². The van der Waals surface area contributed by atoms with E-state index in [1.54, 1.807) is 32.0 Å². The molecule has 32 heavy (non-hydrogen) atoms. The number of benzene rings is 2. The minimum atomic E-state index is -3.60. The Morgan fingerprint density at radius 3 is 2.25 bits per heavy atom. The van der Waals surface area contributed by atoms with Gasteiger partial charge in [-0.25, -0.2) is 8.42 Å². The molecule has 3 rings (SSSR count). The van der Waals surface area contributed by atoms with Gasteiger partial charge in [0, 0.05) is 24.2 Å². The maximum Gasteiger partial charge on any atom is 0.322 e. The van der Waals surface area contributed by atoms with Crippen molar-refractivity contribution in [3.63, 3.8) is 0 Å². The lowest BCUT2D eigenvalue weighted by molar-refractivity contribution is 0.102. The van der Waals surface area contributed by atoms with Gasteiger partial charge in [-0.15, -0.1) is 5.10 Å². The summed E-state index contributed by atoms with van der Waals surface area (Å²) in [7, 11) is -0.554. The SMILES string of the molecule is CCN(CC)S(=O)(=O)c1ccc(C(=O)Nc2nnc(-c3ccc(OC)c(OC)c3)o2)cc1. The van der Waals surface area contributed by atoms with Gasteiger partial charge in [0.25, 0.3) is 5.91 Å². The van der Waals surface area contributed by atoms with Crippen LogP contribution in [0.2, 0.25) is 0 Å². The Bertz CT molecular complexity index is 1190. The lowest BCUT2D eigenvalue weighted by atomic mass is 10.2. The molecule has 0 aliphatic carbocycles. The Morgan fingerprint density at radius 1 is 1.00 bits per heavy atom. The monoisotopic (exact) mass is 460 g/mol. The molecule has 1 heterocycles. The van der Waals surface area contributed by atoms with Gasteiger partial charge in [0.05, 0.1) is 19.1 Å². The van der Waals surface area contributed by atoms with Crippen molar-refractivity contribution in [2.45, 2.75) is 18.7 Å². The molecule has 0 unspecified atom stereocenters. The Kier molecular flexibility index (Phi) is 7.11. The highest BCUT2D eigenvalue weighted by Crippen LogP contribution is 2.32. The van der Waals surface area contributed by atoms with E-state index in [-0.39, 0.29) is 22.4 Å². The molecule has 1 aromatic heterocycles. The number of nitrogens with zero attached hydrogens (tertiary/aromatic N) is 3. The third kappa shape index (κ3) is 4.73. The summed E-state index contributed by atoms with van der Waals surface area (Å²) in [4.78, 5) is 12.6. The number of hydrogen-bond donors (Lipinski definition) is 1. The van der Waals surface area contributed by atoms with Crippen LogP contribution in [0.4, 0.5) is 6.01 Å². The molecular weight excluding hydrogens is 436 g/mol. The summed E-state index contributed by atoms with van der Waals surface area (Å²) in [5.74, 6) is 0.713. The summed E-state index contributed by atoms with van der Waals surface area (Å²) in [6.07, 6.45) is 0. The van der Waals surface area contributed by atoms with E-state index in [1.165, 1.54) is 42.8 Å². The Balaban J connectivity index is 1.74. The molecule has 1 amide bonds. The minimum absolute atomic E-state index is 0.0976. The maximum atomic E-state index is 12.6. The number of aromatic nitrogens is 2. The zero-order valence-corrected chi connectivity index (χ0v) is 19.0. The molecule has 3 aromatic rings. The lowest BCUT2D eigenvalue weighted by Gasteiger charge is -2.18. The number of anilines is 1. The van der Waals surface area contributed by atoms with Crippen LogP contribution in [-0.4, -0.2) is 56.1 Å². The number of carbonyl (C=O) groups is 1. The number of hydrogen-bond acceptors (Lipinski definition) is 8. The van der Waals surface area contributed by atoms with Gasteiger partial charge >= 0.3 is 6.01 Å². The molecule has 0 saturated heterocycles. The second-order valence-electron chi connectivity index (χ2n) is 6.55. The normalized spacial score (nSPS) is 11.4. The van der Waals surface area contributed by atoms with Crippen LogP contribution < -0.4 is 14.8 Å². The predicted octanol–water partition coefficient (Wildman–Crippen LogP) is 3.04. The van der Waals surface area contributed by atoms with Crippen LogP contribution in [0.3, 0.4) is 0 Å². The van der Waals surface area contributed by atoms with Crippen molar-refractivity contribution in [2.75, 3.05) is 32.6 Å². The van der Waals surface area contributed by atoms with Crippen molar-refractivity contribution in [1.82, 2.24) is 14.5 Å². The molecule has 0 radical (unpaired) electrons. The zero-order valence-electron chi connectivity index (χ0n) is 18.2. The quantitative estimate of drug-likeness (QED) is 0.517. The second-order valence-corrected chi connectivity index (χ2v) is 8.49. The van der Waals surface area contributed by atoms with Crippen LogP contribution in [-0.2, 0) is 10.0 Å². The van der Waals surface area contributed by atoms with Gasteiger partial charge < -0.3 is 13.9 Å². The third-order valence-corrected chi connectivity index (χ3v) is 6.80. The minimum Gasteiger partial charge on any atom is -0.493 e. The van der Waals surface area contributed by atoms with E-state index >= 15 is 0 Å². The highest BCUT2D eigenvalue weighted by Gasteiger charge is 2.22. The van der Waals surface area contributed by atoms with E-state index in [0.29, 0.717) is 30.2 Å². The highest BCUT2D eigenvalue weighted by molar-refractivity contribution is 7.89. The first-order valence-corrected chi connectivity index (χ1v) is 11.3. The van der Waals surface area contributed by atoms with E-state index in [4.69, 9.17) is 13.9 Å². The first kappa shape index (κ1) is 23.2. The van der Waals surface area contributed by atoms with E-state index in [0.717, 1.165) is 0 Å². The highest BCUT2D eigenvalue weighted by atomic mass is 32.2. The lowest BCUT2D eigenvalue weighted by Crippen LogP contribution is -2.30. The Labute approximate surface area is 186 Å². The average Bonchev–Trinajstić information content (AvgIpc) is 3.27. The number of carbonyl (C=O) groups excluding carboxylic acids is 1. The number of nitrogens with one attached hydrogen (secondary N) is 1. The van der Waals surface area contributed by atoms with Crippen LogP contribution in [0.1, 0.15) is 24.2 Å². The molecule has 0 saturated carbocycles. The molecule has 0 aliphatic rings. The fraction of sp³-hybridized carbons (Fsp3) is 0.286. The van der Waals surface area contributed by atoms with Gasteiger partial charge in [-0.05, 0) is 42.5 Å². The summed E-state index contributed by atoms with van der Waals surface area (Å²) < 4.78 is 42.5. The Morgan fingerprint density at radius 2 is 1.66 bits per heavy atom. The van der Waals surface area contributed by atoms with E-state index in [9.17, 15) is 13.2 Å². The van der Waals surface area contributed by atoms with Crippen molar-refractivity contribution in [3.8, 4) is 23.0 Å². The van der Waals surface area contributed by atoms with Gasteiger partial charge in [-0.2, -0.15) is 4.31 Å². The van der Waals surface area contributed by atoms with Crippen molar-refractivity contribution < 1.29 is 27.1 Å². The summed E-state index contributed by atoms with van der Waals surface area (Å²) in [5.41, 5.74) is 0.830. The number of amides is 1. The second kappa shape index (κ2) is 9.79. The van der Waals surface area contributed by atoms with Crippen LogP contribution >= 0.6 is 0 Å². The molecule has 11 heteroatoms. The molecule has 170 valence electrons. The molecule has 1 N–H and O–H groups in total. The molecule has 0 aliphatic heterocycles. The standard InChI is InChI=1S/C21H24N4O6S/c1-5-25(6-2)32(27,28)16-10-7-14(8-11-16)19(26)22-21-24-23-20(31-21)15-9-12-17(29-3)18(13-15)30-4/h7-13H,5-6H2,1-4H3,(H,22,24,26). The van der Waals surface area contributed by atoms with Crippen LogP contribution in [0.15, 0.2) is 51.8 Å². The fourth-order valence-corrected chi connectivity index (χ4v) is 4.48. The summed E-state index contributed by atoms with van der Waals surface area (Å²) in [6.45, 7) is 4.26. The number of methoxy groups -OCH3 is 2. The maximum absolute atomic E-state index is 12.6. The smallest absolute Gasteiger partial charge is 0.322 e. The molecule has 0 atom stereocenters. The van der Waals surface area contributed by atoms with Crippen molar-refractivity contribution >= 4 is 21.9 Å². The summed E-state index contributed by atoms with van der Waals surface area (Å²) >= 11 is 0. The van der Waals surface area contributed by atoms with Gasteiger partial charge in [0.1, 0.15) is 0 Å². The molecule has 10 nitrogen and oxygen atoms in total. The first-order valence-electron chi connectivity index (χ1n) is 9.81. The molecule has 2 aromatic carbocycles. The van der Waals surface area contributed by atoms with Gasteiger partial charge in [-0.1, -0.05) is 18.9 Å². The third-order valence-electron chi connectivity index (χ3n) is 4.74. The van der Waals surface area contributed by atoms with Crippen molar-refractivity contribution in [1.29, 1.82) is 0 Å². The van der Waals surface area contributed by atoms with Crippen molar-refractivity contribution in [3.05, 3.63) is 48.0 Å². The molecule has 0 fully saturated rings. The summed E-state index contributed by atoms with van der Waals surface area (Å²) in [5, 5.41) is 10.3. The van der Waals surface area contributed by atoms with E-state index < -0.39 is 15.9 Å². The number of ether oxygens (including phenoxy) is 2. The number of rotatable bonds is 9. The Hall–Kier alpha value is -3.44. The van der Waals surface area contributed by atoms with E-state index in [2.05, 4.69) is 15.5 Å². The van der Waals surface area contributed by atoms with Crippen molar-refractivity contribution in [2.24, 2.45) is 0 Å². The van der Waals surface area contributed by atoms with Gasteiger partial charge in [-0.3, -0.25) is 10.1 Å². The van der Waals surface area contributed by atoms with Crippen LogP contribution in [0, 0.1) is 0 Å². The summed E-state index contributed by atoms with van der Waals surface area (Å²) in [6, 6.07) is 10.6. The van der Waals surface area contributed by atoms with Crippen LogP contribution in [0.25, 0.3) is 11.5 Å².